The van der Waals surface area contributed by atoms with Crippen LogP contribution < -0.4 is 4.90 Å². The number of benzene rings is 2. The van der Waals surface area contributed by atoms with Crippen molar-refractivity contribution >= 4 is 27.5 Å². The molecule has 0 aliphatic rings. The number of para-hydroxylation sites is 1. The van der Waals surface area contributed by atoms with Gasteiger partial charge in [0.05, 0.1) is 5.56 Å². The first kappa shape index (κ1) is 14.5. The average Bonchev–Trinajstić information content (AvgIpc) is 2.45. The molecule has 0 heterocycles. The zero-order valence-electron chi connectivity index (χ0n) is 10.7. The Morgan fingerprint density at radius 2 is 1.95 bits per heavy atom. The molecule has 4 heteroatoms. The summed E-state index contributed by atoms with van der Waals surface area (Å²) < 4.78 is 14.5. The molecule has 0 aliphatic heterocycles. The highest BCUT2D eigenvalue weighted by Gasteiger charge is 2.19. The zero-order valence-corrected chi connectivity index (χ0v) is 12.3. The van der Waals surface area contributed by atoms with Crippen molar-refractivity contribution in [2.45, 2.75) is 0 Å². The van der Waals surface area contributed by atoms with E-state index in [2.05, 4.69) is 22.5 Å². The fraction of sp³-hybridized carbons (Fsp3) is 0.0625. The maximum Gasteiger partial charge on any atom is 0.261 e. The van der Waals surface area contributed by atoms with Gasteiger partial charge in [0.15, 0.2) is 0 Å². The topological polar surface area (TPSA) is 20.3 Å². The van der Waals surface area contributed by atoms with Crippen molar-refractivity contribution in [3.05, 3.63) is 77.0 Å². The molecule has 0 spiro atoms. The molecule has 1 amide bonds. The van der Waals surface area contributed by atoms with Crippen LogP contribution >= 0.6 is 15.9 Å². The predicted octanol–water partition coefficient (Wildman–Crippen LogP) is 4.42. The van der Waals surface area contributed by atoms with E-state index in [1.165, 1.54) is 17.0 Å². The number of hydrogen-bond acceptors (Lipinski definition) is 1. The van der Waals surface area contributed by atoms with Gasteiger partial charge < -0.3 is 4.90 Å². The first-order valence-corrected chi connectivity index (χ1v) is 6.85. The molecule has 20 heavy (non-hydrogen) atoms. The number of carbonyl (C=O) groups is 1. The summed E-state index contributed by atoms with van der Waals surface area (Å²) >= 11 is 3.18. The largest absolute Gasteiger partial charge is 0.304 e. The van der Waals surface area contributed by atoms with Crippen LogP contribution in [-0.4, -0.2) is 12.5 Å². The van der Waals surface area contributed by atoms with Gasteiger partial charge in [-0.05, 0) is 30.3 Å². The smallest absolute Gasteiger partial charge is 0.261 e. The third-order valence-corrected chi connectivity index (χ3v) is 3.28. The van der Waals surface area contributed by atoms with Gasteiger partial charge in [-0.1, -0.05) is 40.2 Å². The molecule has 2 aromatic rings. The molecule has 2 nitrogen and oxygen atoms in total. The summed E-state index contributed by atoms with van der Waals surface area (Å²) in [6, 6.07) is 13.5. The number of halogens is 2. The monoisotopic (exact) mass is 333 g/mol. The molecule has 0 radical (unpaired) electrons. The first-order valence-electron chi connectivity index (χ1n) is 6.06. The maximum atomic E-state index is 13.9. The van der Waals surface area contributed by atoms with Crippen molar-refractivity contribution in [1.29, 1.82) is 0 Å². The number of anilines is 1. The van der Waals surface area contributed by atoms with Gasteiger partial charge in [0.25, 0.3) is 5.91 Å². The lowest BCUT2D eigenvalue weighted by Gasteiger charge is -2.21. The second kappa shape index (κ2) is 6.48. The van der Waals surface area contributed by atoms with Crippen LogP contribution in [0.15, 0.2) is 65.7 Å². The van der Waals surface area contributed by atoms with E-state index in [1.807, 2.05) is 18.2 Å². The summed E-state index contributed by atoms with van der Waals surface area (Å²) in [4.78, 5) is 14.0. The molecule has 2 rings (SSSR count). The number of nitrogens with zero attached hydrogens (tertiary/aromatic N) is 1. The van der Waals surface area contributed by atoms with Crippen molar-refractivity contribution in [2.75, 3.05) is 11.4 Å². The summed E-state index contributed by atoms with van der Waals surface area (Å²) in [6.07, 6.45) is 1.61. The molecule has 0 N–H and O–H groups in total. The molecule has 0 unspecified atom stereocenters. The molecule has 0 aromatic heterocycles. The van der Waals surface area contributed by atoms with E-state index < -0.39 is 5.82 Å². The standard InChI is InChI=1S/C16H13BrFNO/c1-2-10-19(13-6-4-3-5-7-13)16(20)14-9-8-12(17)11-15(14)18/h2-9,11H,1,10H2. The highest BCUT2D eigenvalue weighted by atomic mass is 79.9. The van der Waals surface area contributed by atoms with Crippen LogP contribution in [-0.2, 0) is 0 Å². The highest BCUT2D eigenvalue weighted by molar-refractivity contribution is 9.10. The zero-order chi connectivity index (χ0) is 14.5. The summed E-state index contributed by atoms with van der Waals surface area (Å²) in [5.41, 5.74) is 0.749. The van der Waals surface area contributed by atoms with Crippen LogP contribution in [0.1, 0.15) is 10.4 Å². The minimum Gasteiger partial charge on any atom is -0.304 e. The lowest BCUT2D eigenvalue weighted by atomic mass is 10.1. The SMILES string of the molecule is C=CCN(C(=O)c1ccc(Br)cc1F)c1ccccc1. The lowest BCUT2D eigenvalue weighted by Crippen LogP contribution is -2.31. The molecule has 0 bridgehead atoms. The second-order valence-corrected chi connectivity index (χ2v) is 5.08. The Balaban J connectivity index is 2.39. The van der Waals surface area contributed by atoms with Gasteiger partial charge in [-0.3, -0.25) is 4.79 Å². The van der Waals surface area contributed by atoms with Gasteiger partial charge in [0.1, 0.15) is 5.82 Å². The summed E-state index contributed by atoms with van der Waals surface area (Å²) in [7, 11) is 0. The van der Waals surface area contributed by atoms with E-state index in [-0.39, 0.29) is 11.5 Å². The Morgan fingerprint density at radius 3 is 2.55 bits per heavy atom. The summed E-state index contributed by atoms with van der Waals surface area (Å²) in [5.74, 6) is -0.935. The minimum atomic E-state index is -0.547. The number of amides is 1. The van der Waals surface area contributed by atoms with Gasteiger partial charge >= 0.3 is 0 Å². The van der Waals surface area contributed by atoms with Crippen molar-refractivity contribution in [3.8, 4) is 0 Å². The molecule has 2 aromatic carbocycles. The molecular formula is C16H13BrFNO. The fourth-order valence-electron chi connectivity index (χ4n) is 1.85. The summed E-state index contributed by atoms with van der Waals surface area (Å²) in [5, 5.41) is 0. The summed E-state index contributed by atoms with van der Waals surface area (Å²) in [6.45, 7) is 3.96. The van der Waals surface area contributed by atoms with E-state index in [4.69, 9.17) is 0 Å². The van der Waals surface area contributed by atoms with Crippen LogP contribution in [0.2, 0.25) is 0 Å². The lowest BCUT2D eigenvalue weighted by molar-refractivity contribution is 0.0986. The third-order valence-electron chi connectivity index (χ3n) is 2.79. The van der Waals surface area contributed by atoms with E-state index in [1.54, 1.807) is 24.3 Å². The van der Waals surface area contributed by atoms with E-state index in [0.29, 0.717) is 16.7 Å². The predicted molar refractivity (Wildman–Crippen MR) is 82.4 cm³/mol. The van der Waals surface area contributed by atoms with Crippen LogP contribution in [0.5, 0.6) is 0 Å². The van der Waals surface area contributed by atoms with Crippen molar-refractivity contribution in [1.82, 2.24) is 0 Å². The Labute approximate surface area is 125 Å². The number of hydrogen-bond donors (Lipinski definition) is 0. The normalized spacial score (nSPS) is 10.1. The fourth-order valence-corrected chi connectivity index (χ4v) is 2.18. The van der Waals surface area contributed by atoms with Gasteiger partial charge in [-0.15, -0.1) is 6.58 Å². The van der Waals surface area contributed by atoms with Crippen molar-refractivity contribution < 1.29 is 9.18 Å². The molecule has 0 fully saturated rings. The number of rotatable bonds is 4. The highest BCUT2D eigenvalue weighted by Crippen LogP contribution is 2.20. The van der Waals surface area contributed by atoms with Crippen LogP contribution in [0, 0.1) is 5.82 Å². The van der Waals surface area contributed by atoms with Crippen molar-refractivity contribution in [3.63, 3.8) is 0 Å². The molecule has 0 atom stereocenters. The van der Waals surface area contributed by atoms with Crippen LogP contribution in [0.25, 0.3) is 0 Å². The van der Waals surface area contributed by atoms with Crippen LogP contribution in [0.4, 0.5) is 10.1 Å². The van der Waals surface area contributed by atoms with Crippen molar-refractivity contribution in [2.24, 2.45) is 0 Å². The van der Waals surface area contributed by atoms with E-state index in [0.717, 1.165) is 0 Å². The molecular weight excluding hydrogens is 321 g/mol. The minimum absolute atomic E-state index is 0.0407. The number of carbonyl (C=O) groups excluding carboxylic acids is 1. The molecule has 0 saturated heterocycles. The van der Waals surface area contributed by atoms with Gasteiger partial charge in [0.2, 0.25) is 0 Å². The van der Waals surface area contributed by atoms with E-state index >= 15 is 0 Å². The first-order chi connectivity index (χ1) is 9.63. The second-order valence-electron chi connectivity index (χ2n) is 4.16. The van der Waals surface area contributed by atoms with E-state index in [9.17, 15) is 9.18 Å². The van der Waals surface area contributed by atoms with Gasteiger partial charge in [0, 0.05) is 16.7 Å². The Bertz CT molecular complexity index is 628. The quantitative estimate of drug-likeness (QED) is 0.758. The van der Waals surface area contributed by atoms with Gasteiger partial charge in [-0.2, -0.15) is 0 Å². The average molecular weight is 334 g/mol. The Hall–Kier alpha value is -1.94. The van der Waals surface area contributed by atoms with Gasteiger partial charge in [-0.25, -0.2) is 4.39 Å². The molecule has 0 saturated carbocycles. The maximum absolute atomic E-state index is 13.9. The molecule has 102 valence electrons. The Morgan fingerprint density at radius 1 is 1.25 bits per heavy atom. The third kappa shape index (κ3) is 3.14. The Kier molecular flexibility index (Phi) is 4.69. The van der Waals surface area contributed by atoms with Crippen LogP contribution in [0.3, 0.4) is 0 Å². The molecule has 0 aliphatic carbocycles.